The normalized spacial score (nSPS) is 12.4. The number of benzene rings is 1. The zero-order valence-electron chi connectivity index (χ0n) is 9.94. The van der Waals surface area contributed by atoms with Gasteiger partial charge in [-0.25, -0.2) is 4.39 Å². The Kier molecular flexibility index (Phi) is 3.49. The van der Waals surface area contributed by atoms with Gasteiger partial charge in [0.05, 0.1) is 5.69 Å². The number of pyridine rings is 1. The van der Waals surface area contributed by atoms with Crippen molar-refractivity contribution in [2.75, 3.05) is 7.05 Å². The fraction of sp³-hybridized carbons (Fsp3) is 0.214. The average Bonchev–Trinajstić information content (AvgIpc) is 2.39. The summed E-state index contributed by atoms with van der Waals surface area (Å²) in [6, 6.07) is 10.8. The van der Waals surface area contributed by atoms with Crippen molar-refractivity contribution in [1.29, 1.82) is 0 Å². The molecule has 1 unspecified atom stereocenters. The summed E-state index contributed by atoms with van der Waals surface area (Å²) < 4.78 is 13.8. The van der Waals surface area contributed by atoms with Crippen molar-refractivity contribution in [3.05, 3.63) is 54.0 Å². The smallest absolute Gasteiger partial charge is 0.132 e. The molecule has 17 heavy (non-hydrogen) atoms. The number of hydrogen-bond acceptors (Lipinski definition) is 2. The molecule has 0 radical (unpaired) electrons. The predicted octanol–water partition coefficient (Wildman–Crippen LogP) is 3.17. The van der Waals surface area contributed by atoms with E-state index in [4.69, 9.17) is 0 Å². The molecule has 2 nitrogen and oxygen atoms in total. The van der Waals surface area contributed by atoms with Crippen LogP contribution in [0.25, 0.3) is 11.3 Å². The van der Waals surface area contributed by atoms with Gasteiger partial charge in [-0.1, -0.05) is 12.1 Å². The Morgan fingerprint density at radius 1 is 1.24 bits per heavy atom. The molecule has 0 aliphatic heterocycles. The third-order valence-electron chi connectivity index (χ3n) is 2.86. The number of nitrogens with zero attached hydrogens (tertiary/aromatic N) is 1. The summed E-state index contributed by atoms with van der Waals surface area (Å²) in [5.74, 6) is -0.240. The van der Waals surface area contributed by atoms with E-state index in [0.717, 1.165) is 5.56 Å². The van der Waals surface area contributed by atoms with Crippen molar-refractivity contribution in [1.82, 2.24) is 10.3 Å². The highest BCUT2D eigenvalue weighted by Gasteiger charge is 2.09. The zero-order chi connectivity index (χ0) is 12.3. The van der Waals surface area contributed by atoms with Crippen molar-refractivity contribution >= 4 is 0 Å². The standard InChI is InChI=1S/C14H15FN2/c1-10(16-2)11-6-7-13(15)12(9-11)14-5-3-4-8-17-14/h3-10,16H,1-2H3. The summed E-state index contributed by atoms with van der Waals surface area (Å²) in [5.41, 5.74) is 2.26. The van der Waals surface area contributed by atoms with E-state index in [1.165, 1.54) is 6.07 Å². The van der Waals surface area contributed by atoms with Gasteiger partial charge < -0.3 is 5.32 Å². The number of aromatic nitrogens is 1. The first-order valence-electron chi connectivity index (χ1n) is 5.60. The van der Waals surface area contributed by atoms with Gasteiger partial charge in [-0.15, -0.1) is 0 Å². The maximum Gasteiger partial charge on any atom is 0.132 e. The van der Waals surface area contributed by atoms with Crippen LogP contribution in [0.2, 0.25) is 0 Å². The van der Waals surface area contributed by atoms with E-state index in [9.17, 15) is 4.39 Å². The lowest BCUT2D eigenvalue weighted by atomic mass is 10.0. The van der Waals surface area contributed by atoms with Crippen LogP contribution < -0.4 is 5.32 Å². The second kappa shape index (κ2) is 5.06. The molecule has 0 aliphatic rings. The molecule has 1 atom stereocenters. The molecule has 2 aromatic rings. The van der Waals surface area contributed by atoms with Crippen LogP contribution >= 0.6 is 0 Å². The van der Waals surface area contributed by atoms with Crippen molar-refractivity contribution in [2.24, 2.45) is 0 Å². The minimum absolute atomic E-state index is 0.193. The van der Waals surface area contributed by atoms with Gasteiger partial charge in [0.25, 0.3) is 0 Å². The topological polar surface area (TPSA) is 24.9 Å². The fourth-order valence-corrected chi connectivity index (χ4v) is 1.70. The molecule has 0 spiro atoms. The van der Waals surface area contributed by atoms with E-state index < -0.39 is 0 Å². The summed E-state index contributed by atoms with van der Waals surface area (Å²) in [6.45, 7) is 2.04. The summed E-state index contributed by atoms with van der Waals surface area (Å²) in [4.78, 5) is 4.18. The van der Waals surface area contributed by atoms with Crippen LogP contribution in [0.5, 0.6) is 0 Å². The van der Waals surface area contributed by atoms with Gasteiger partial charge in [0, 0.05) is 17.8 Å². The quantitative estimate of drug-likeness (QED) is 0.876. The summed E-state index contributed by atoms with van der Waals surface area (Å²) >= 11 is 0. The van der Waals surface area contributed by atoms with Crippen LogP contribution in [-0.2, 0) is 0 Å². The summed E-state index contributed by atoms with van der Waals surface area (Å²) in [7, 11) is 1.88. The van der Waals surface area contributed by atoms with E-state index >= 15 is 0 Å². The molecule has 1 aromatic heterocycles. The van der Waals surface area contributed by atoms with E-state index in [1.54, 1.807) is 12.3 Å². The molecule has 2 rings (SSSR count). The molecule has 0 fully saturated rings. The van der Waals surface area contributed by atoms with Crippen molar-refractivity contribution < 1.29 is 4.39 Å². The molecule has 0 amide bonds. The minimum Gasteiger partial charge on any atom is -0.313 e. The molecular weight excluding hydrogens is 215 g/mol. The van der Waals surface area contributed by atoms with Crippen LogP contribution in [0.1, 0.15) is 18.5 Å². The van der Waals surface area contributed by atoms with Crippen LogP contribution in [0.4, 0.5) is 4.39 Å². The van der Waals surface area contributed by atoms with E-state index in [2.05, 4.69) is 10.3 Å². The lowest BCUT2D eigenvalue weighted by Crippen LogP contribution is -2.12. The Labute approximate surface area is 101 Å². The molecule has 3 heteroatoms. The van der Waals surface area contributed by atoms with Crippen LogP contribution in [0.3, 0.4) is 0 Å². The SMILES string of the molecule is CNC(C)c1ccc(F)c(-c2ccccn2)c1. The largest absolute Gasteiger partial charge is 0.313 e. The second-order valence-electron chi connectivity index (χ2n) is 3.96. The number of rotatable bonds is 3. The number of nitrogens with one attached hydrogen (secondary N) is 1. The Hall–Kier alpha value is -1.74. The molecule has 88 valence electrons. The molecule has 1 aromatic carbocycles. The third kappa shape index (κ3) is 2.50. The predicted molar refractivity (Wildman–Crippen MR) is 67.1 cm³/mol. The Morgan fingerprint density at radius 3 is 2.71 bits per heavy atom. The summed E-state index contributed by atoms with van der Waals surface area (Å²) in [6.07, 6.45) is 1.67. The Balaban J connectivity index is 2.47. The maximum absolute atomic E-state index is 13.8. The van der Waals surface area contributed by atoms with Gasteiger partial charge in [0.1, 0.15) is 5.82 Å². The van der Waals surface area contributed by atoms with Crippen LogP contribution in [0.15, 0.2) is 42.6 Å². The number of hydrogen-bond donors (Lipinski definition) is 1. The van der Waals surface area contributed by atoms with E-state index in [0.29, 0.717) is 11.3 Å². The van der Waals surface area contributed by atoms with Gasteiger partial charge in [0.2, 0.25) is 0 Å². The van der Waals surface area contributed by atoms with Crippen molar-refractivity contribution in [2.45, 2.75) is 13.0 Å². The Bertz CT molecular complexity index is 497. The Morgan fingerprint density at radius 2 is 2.06 bits per heavy atom. The minimum atomic E-state index is -0.240. The third-order valence-corrected chi connectivity index (χ3v) is 2.86. The first-order valence-corrected chi connectivity index (χ1v) is 5.60. The second-order valence-corrected chi connectivity index (χ2v) is 3.96. The molecule has 1 heterocycles. The van der Waals surface area contributed by atoms with Gasteiger partial charge in [-0.05, 0) is 43.8 Å². The lowest BCUT2D eigenvalue weighted by Gasteiger charge is -2.12. The first kappa shape index (κ1) is 11.7. The molecule has 0 bridgehead atoms. The maximum atomic E-state index is 13.8. The molecule has 0 saturated heterocycles. The van der Waals surface area contributed by atoms with Gasteiger partial charge in [0.15, 0.2) is 0 Å². The first-order chi connectivity index (χ1) is 8.22. The van der Waals surface area contributed by atoms with Crippen LogP contribution in [0, 0.1) is 5.82 Å². The zero-order valence-corrected chi connectivity index (χ0v) is 9.94. The fourth-order valence-electron chi connectivity index (χ4n) is 1.70. The number of halogens is 1. The molecule has 0 aliphatic carbocycles. The van der Waals surface area contributed by atoms with Crippen LogP contribution in [-0.4, -0.2) is 12.0 Å². The van der Waals surface area contributed by atoms with E-state index in [1.807, 2.05) is 38.2 Å². The lowest BCUT2D eigenvalue weighted by molar-refractivity contribution is 0.621. The van der Waals surface area contributed by atoms with Crippen molar-refractivity contribution in [3.8, 4) is 11.3 Å². The molecule has 1 N–H and O–H groups in total. The monoisotopic (exact) mass is 230 g/mol. The highest BCUT2D eigenvalue weighted by molar-refractivity contribution is 5.60. The van der Waals surface area contributed by atoms with Gasteiger partial charge in [-0.2, -0.15) is 0 Å². The average molecular weight is 230 g/mol. The highest BCUT2D eigenvalue weighted by Crippen LogP contribution is 2.24. The van der Waals surface area contributed by atoms with Crippen molar-refractivity contribution in [3.63, 3.8) is 0 Å². The molecular formula is C14H15FN2. The van der Waals surface area contributed by atoms with Gasteiger partial charge in [-0.3, -0.25) is 4.98 Å². The van der Waals surface area contributed by atoms with Gasteiger partial charge >= 0.3 is 0 Å². The van der Waals surface area contributed by atoms with E-state index in [-0.39, 0.29) is 11.9 Å². The summed E-state index contributed by atoms with van der Waals surface area (Å²) in [5, 5.41) is 3.14. The molecule has 0 saturated carbocycles. The highest BCUT2D eigenvalue weighted by atomic mass is 19.1.